The van der Waals surface area contributed by atoms with Gasteiger partial charge < -0.3 is 34.2 Å². The second kappa shape index (κ2) is 80.9. The second-order valence-electron chi connectivity index (χ2n) is 27.9. The zero-order valence-corrected chi connectivity index (χ0v) is 69.1. The summed E-state index contributed by atoms with van der Waals surface area (Å²) in [5.74, 6) is -1.59. The van der Waals surface area contributed by atoms with Crippen LogP contribution in [0.5, 0.6) is 0 Å². The summed E-state index contributed by atoms with van der Waals surface area (Å²) in [4.78, 5) is 58.7. The number of phosphoric acid groups is 2. The van der Waals surface area contributed by atoms with Crippen molar-refractivity contribution in [3.63, 3.8) is 0 Å². The van der Waals surface area contributed by atoms with Crippen LogP contribution in [0.25, 0.3) is 0 Å². The van der Waals surface area contributed by atoms with Gasteiger partial charge in [-0.3, -0.25) is 32.5 Å². The van der Waals surface area contributed by atoms with Crippen LogP contribution in [0, 0.1) is 0 Å². The fraction of sp³-hybridized carbons (Fsp3) is 0.697. The van der Waals surface area contributed by atoms with Gasteiger partial charge in [-0.25, -0.2) is 9.13 Å². The molecule has 0 rings (SSSR count). The molecule has 4 N–H and O–H groups in total. The summed E-state index contributed by atoms with van der Waals surface area (Å²) in [7, 11) is -9.80. The van der Waals surface area contributed by atoms with Crippen LogP contribution in [0.15, 0.2) is 146 Å². The zero-order valence-electron chi connectivity index (χ0n) is 67.3. The maximum Gasteiger partial charge on any atom is 0.472 e. The monoisotopic (exact) mass is 1540 g/mol. The van der Waals surface area contributed by atoms with Gasteiger partial charge in [-0.1, -0.05) is 327 Å². The van der Waals surface area contributed by atoms with E-state index < -0.39 is 91.5 Å². The lowest BCUT2D eigenvalue weighted by Gasteiger charge is -2.21. The number of hydrogen-bond acceptors (Lipinski definition) is 14. The SMILES string of the molecule is CC/C=C\C/C=C\C/C=C\C/C=C\C/C=C\C/C=C\CCCCCCCCCCC(=O)OCC(COP(=O)(O)OCC(O)COP(=O)(O)OCC(O)COC(=O)CCCCCCCCCCCCCCCCC/C=C\C/C=C\C/C=C\C/C=C\C/C=C\CC)OC(=O)CCCCCCC/C=C\CCCCCC. The Bertz CT molecular complexity index is 2530. The highest BCUT2D eigenvalue weighted by Crippen LogP contribution is 2.45. The molecule has 107 heavy (non-hydrogen) atoms. The van der Waals surface area contributed by atoms with Crippen LogP contribution in [0.4, 0.5) is 0 Å². The van der Waals surface area contributed by atoms with Crippen molar-refractivity contribution in [1.29, 1.82) is 0 Å². The summed E-state index contributed by atoms with van der Waals surface area (Å²) in [5.41, 5.74) is 0. The van der Waals surface area contributed by atoms with Gasteiger partial charge in [0.2, 0.25) is 0 Å². The quantitative estimate of drug-likeness (QED) is 0.0146. The summed E-state index contributed by atoms with van der Waals surface area (Å²) >= 11 is 0. The first kappa shape index (κ1) is 102. The van der Waals surface area contributed by atoms with E-state index in [0.29, 0.717) is 19.3 Å². The molecular weight excluding hydrogens is 1390 g/mol. The van der Waals surface area contributed by atoms with Crippen molar-refractivity contribution >= 4 is 33.6 Å². The molecule has 0 aromatic rings. The Morgan fingerprint density at radius 2 is 0.495 bits per heavy atom. The third-order valence-electron chi connectivity index (χ3n) is 17.5. The Balaban J connectivity index is 4.47. The van der Waals surface area contributed by atoms with Gasteiger partial charge in [0, 0.05) is 19.3 Å². The van der Waals surface area contributed by atoms with E-state index in [2.05, 4.69) is 167 Å². The van der Waals surface area contributed by atoms with Crippen LogP contribution in [0.3, 0.4) is 0 Å². The molecule has 0 fully saturated rings. The lowest BCUT2D eigenvalue weighted by molar-refractivity contribution is -0.161. The molecule has 16 nitrogen and oxygen atoms in total. The molecule has 0 saturated heterocycles. The minimum absolute atomic E-state index is 0.0903. The highest BCUT2D eigenvalue weighted by atomic mass is 31.2. The average molecular weight is 1540 g/mol. The van der Waals surface area contributed by atoms with Crippen LogP contribution in [-0.4, -0.2) is 95.9 Å². The number of carbonyl (C=O) groups excluding carboxylic acids is 3. The first-order chi connectivity index (χ1) is 52.2. The number of rotatable bonds is 79. The summed E-state index contributed by atoms with van der Waals surface area (Å²) in [6.07, 6.45) is 100. The van der Waals surface area contributed by atoms with Gasteiger partial charge >= 0.3 is 33.6 Å². The highest BCUT2D eigenvalue weighted by molar-refractivity contribution is 7.47. The lowest BCUT2D eigenvalue weighted by atomic mass is 10.0. The first-order valence-corrected chi connectivity index (χ1v) is 45.1. The number of aliphatic hydroxyl groups is 2. The molecule has 0 aliphatic heterocycles. The fourth-order valence-electron chi connectivity index (χ4n) is 11.2. The predicted octanol–water partition coefficient (Wildman–Crippen LogP) is 25.2. The summed E-state index contributed by atoms with van der Waals surface area (Å²) in [5, 5.41) is 20.7. The Morgan fingerprint density at radius 3 is 0.794 bits per heavy atom. The van der Waals surface area contributed by atoms with Crippen LogP contribution in [-0.2, 0) is 55.8 Å². The van der Waals surface area contributed by atoms with E-state index in [-0.39, 0.29) is 19.3 Å². The Morgan fingerprint density at radius 1 is 0.271 bits per heavy atom. The molecule has 0 spiro atoms. The third-order valence-corrected chi connectivity index (χ3v) is 19.4. The van der Waals surface area contributed by atoms with E-state index in [1.807, 2.05) is 0 Å². The van der Waals surface area contributed by atoms with E-state index >= 15 is 0 Å². The molecule has 0 aliphatic carbocycles. The Kier molecular flexibility index (Phi) is 77.5. The summed E-state index contributed by atoms with van der Waals surface area (Å²) in [6.45, 7) is 2.44. The lowest BCUT2D eigenvalue weighted by Crippen LogP contribution is -2.30. The van der Waals surface area contributed by atoms with Gasteiger partial charge in [0.25, 0.3) is 0 Å². The number of aliphatic hydroxyl groups excluding tert-OH is 2. The van der Waals surface area contributed by atoms with Crippen LogP contribution in [0.1, 0.15) is 342 Å². The van der Waals surface area contributed by atoms with Crippen molar-refractivity contribution in [2.45, 2.75) is 360 Å². The Hall–Kier alpha value is -4.57. The molecule has 0 aliphatic rings. The molecule has 0 aromatic carbocycles. The number of unbranched alkanes of at least 4 members (excludes halogenated alkanes) is 32. The van der Waals surface area contributed by atoms with Crippen molar-refractivity contribution < 1.29 is 75.8 Å². The number of carbonyl (C=O) groups is 3. The predicted molar refractivity (Wildman–Crippen MR) is 445 cm³/mol. The van der Waals surface area contributed by atoms with Crippen LogP contribution >= 0.6 is 15.6 Å². The molecule has 18 heteroatoms. The summed E-state index contributed by atoms with van der Waals surface area (Å²) in [6, 6.07) is 0. The standard InChI is InChI=1S/C89H152O16P2/c1-4-7-10-13-16-19-22-25-27-29-31-33-35-37-39-40-41-42-44-46-47-49-51-53-55-58-60-63-66-69-72-75-87(92)99-78-84(90)79-101-106(95,96)102-80-85(91)81-103-107(97,98)104-83-86(105-89(94)77-74-71-68-65-62-57-24-21-18-15-12-9-6-3)82-100-88(93)76-73-70-67-64-61-59-56-54-52-50-48-45-43-38-36-34-32-30-28-26-23-20-17-14-11-8-5-2/h7-8,10-11,16-17,19-21,24-28,31-34,37-39,43,48,50,84-86,90-91H,4-6,9,12-15,18,22-23,29-30,35-36,40-42,44-47,49,51-83H2,1-3H3,(H,95,96)(H,97,98)/b10-7-,11-8-,19-16-,20-17-,24-21-,27-25-,28-26-,33-31-,34-32-,39-37-,43-38-,50-48-. The van der Waals surface area contributed by atoms with E-state index in [4.69, 9.17) is 32.3 Å². The smallest absolute Gasteiger partial charge is 0.463 e. The Labute approximate surface area is 651 Å². The maximum atomic E-state index is 13.0. The zero-order chi connectivity index (χ0) is 78.0. The van der Waals surface area contributed by atoms with Gasteiger partial charge in [-0.05, 0) is 141 Å². The molecular formula is C89H152O16P2. The molecule has 5 unspecified atom stereocenters. The molecule has 0 heterocycles. The van der Waals surface area contributed by atoms with Crippen LogP contribution in [0.2, 0.25) is 0 Å². The first-order valence-electron chi connectivity index (χ1n) is 42.1. The van der Waals surface area contributed by atoms with Gasteiger partial charge in [-0.2, -0.15) is 0 Å². The van der Waals surface area contributed by atoms with E-state index in [9.17, 15) is 43.5 Å². The van der Waals surface area contributed by atoms with Crippen molar-refractivity contribution in [3.05, 3.63) is 146 Å². The van der Waals surface area contributed by atoms with Gasteiger partial charge in [-0.15, -0.1) is 0 Å². The molecule has 0 amide bonds. The number of ether oxygens (including phenoxy) is 3. The molecule has 0 bridgehead atoms. The number of phosphoric ester groups is 2. The van der Waals surface area contributed by atoms with E-state index in [0.717, 1.165) is 167 Å². The van der Waals surface area contributed by atoms with Gasteiger partial charge in [0.1, 0.15) is 25.4 Å². The molecule has 5 atom stereocenters. The van der Waals surface area contributed by atoms with Crippen LogP contribution < -0.4 is 0 Å². The number of hydrogen-bond donors (Lipinski definition) is 4. The normalized spacial score (nSPS) is 14.6. The topological polar surface area (TPSA) is 231 Å². The second-order valence-corrected chi connectivity index (χ2v) is 30.8. The molecule has 614 valence electrons. The number of allylic oxidation sites excluding steroid dienone is 24. The van der Waals surface area contributed by atoms with Gasteiger partial charge in [0.05, 0.1) is 26.4 Å². The van der Waals surface area contributed by atoms with Gasteiger partial charge in [0.15, 0.2) is 6.10 Å². The molecule has 0 radical (unpaired) electrons. The average Bonchev–Trinajstić information content (AvgIpc) is 0.902. The minimum Gasteiger partial charge on any atom is -0.463 e. The largest absolute Gasteiger partial charge is 0.472 e. The third kappa shape index (κ3) is 82.2. The van der Waals surface area contributed by atoms with E-state index in [1.54, 1.807) is 0 Å². The minimum atomic E-state index is -4.94. The maximum absolute atomic E-state index is 13.0. The number of esters is 3. The van der Waals surface area contributed by atoms with Crippen molar-refractivity contribution in [3.8, 4) is 0 Å². The van der Waals surface area contributed by atoms with Crippen molar-refractivity contribution in [2.75, 3.05) is 39.6 Å². The van der Waals surface area contributed by atoms with E-state index in [1.165, 1.54) is 116 Å². The fourth-order valence-corrected chi connectivity index (χ4v) is 12.8. The summed E-state index contributed by atoms with van der Waals surface area (Å²) < 4.78 is 61.2. The van der Waals surface area contributed by atoms with Crippen molar-refractivity contribution in [2.24, 2.45) is 0 Å². The highest BCUT2D eigenvalue weighted by Gasteiger charge is 2.29. The van der Waals surface area contributed by atoms with Crippen molar-refractivity contribution in [1.82, 2.24) is 0 Å². The molecule has 0 aromatic heterocycles. The molecule has 0 saturated carbocycles.